The van der Waals surface area contributed by atoms with E-state index in [9.17, 15) is 0 Å². The summed E-state index contributed by atoms with van der Waals surface area (Å²) in [5.74, 6) is 11.0. The smallest absolute Gasteiger partial charge is 0.199 e. The first-order chi connectivity index (χ1) is 6.75. The van der Waals surface area contributed by atoms with E-state index in [4.69, 9.17) is 11.7 Å². The molecule has 4 N–H and O–H groups in total. The molecule has 0 atom stereocenters. The Labute approximate surface area is 82.0 Å². The number of nitrogens with two attached hydrogens (primary N) is 2. The number of nitrogen functional groups attached to an aromatic ring is 2. The zero-order chi connectivity index (χ0) is 9.97. The van der Waals surface area contributed by atoms with Crippen molar-refractivity contribution in [3.8, 4) is 11.1 Å². The molecule has 0 amide bonds. The summed E-state index contributed by atoms with van der Waals surface area (Å²) in [6, 6.07) is 7.82. The van der Waals surface area contributed by atoms with Crippen molar-refractivity contribution < 1.29 is 9.35 Å². The largest absolute Gasteiger partial charge is 0.205 e. The van der Waals surface area contributed by atoms with Crippen molar-refractivity contribution in [2.45, 2.75) is 0 Å². The minimum absolute atomic E-state index is 1.12. The second-order valence-corrected chi connectivity index (χ2v) is 3.07. The average Bonchev–Trinajstić information content (AvgIpc) is 2.21. The quantitative estimate of drug-likeness (QED) is 0.462. The SMILES string of the molecule is N[n+]1ccc(-c2cc[n+](N)cc2)cc1. The Morgan fingerprint density at radius 1 is 0.643 bits per heavy atom. The summed E-state index contributed by atoms with van der Waals surface area (Å²) in [4.78, 5) is 0. The van der Waals surface area contributed by atoms with E-state index in [1.54, 1.807) is 24.8 Å². The molecule has 0 spiro atoms. The summed E-state index contributed by atoms with van der Waals surface area (Å²) in [6.07, 6.45) is 7.22. The molecular formula is C10H12N4+2. The lowest BCUT2D eigenvalue weighted by atomic mass is 10.1. The van der Waals surface area contributed by atoms with Crippen molar-refractivity contribution in [1.82, 2.24) is 0 Å². The highest BCUT2D eigenvalue weighted by Crippen LogP contribution is 2.14. The molecule has 70 valence electrons. The molecule has 0 aromatic carbocycles. The van der Waals surface area contributed by atoms with Crippen molar-refractivity contribution in [3.63, 3.8) is 0 Å². The average molecular weight is 188 g/mol. The van der Waals surface area contributed by atoms with Crippen molar-refractivity contribution >= 4 is 0 Å². The Morgan fingerprint density at radius 3 is 1.21 bits per heavy atom. The van der Waals surface area contributed by atoms with Gasteiger partial charge in [0, 0.05) is 24.3 Å². The fourth-order valence-corrected chi connectivity index (χ4v) is 1.26. The van der Waals surface area contributed by atoms with Gasteiger partial charge < -0.3 is 0 Å². The highest BCUT2D eigenvalue weighted by Gasteiger charge is 2.01. The highest BCUT2D eigenvalue weighted by atomic mass is 15.3. The summed E-state index contributed by atoms with van der Waals surface area (Å²) in [7, 11) is 0. The Balaban J connectivity index is 2.40. The zero-order valence-electron chi connectivity index (χ0n) is 7.67. The third kappa shape index (κ3) is 1.64. The Hall–Kier alpha value is -2.10. The number of pyridine rings is 2. The molecule has 0 aliphatic heterocycles. The van der Waals surface area contributed by atoms with Crippen LogP contribution in [0.1, 0.15) is 0 Å². The van der Waals surface area contributed by atoms with Gasteiger partial charge in [-0.3, -0.25) is 0 Å². The molecule has 2 rings (SSSR count). The van der Waals surface area contributed by atoms with E-state index >= 15 is 0 Å². The van der Waals surface area contributed by atoms with Gasteiger partial charge in [0.1, 0.15) is 0 Å². The Morgan fingerprint density at radius 2 is 0.929 bits per heavy atom. The molecule has 0 saturated heterocycles. The minimum atomic E-state index is 1.12. The Kier molecular flexibility index (Phi) is 2.02. The van der Waals surface area contributed by atoms with Gasteiger partial charge in [0.05, 0.1) is 0 Å². The molecule has 0 saturated carbocycles. The predicted molar refractivity (Wildman–Crippen MR) is 52.6 cm³/mol. The predicted octanol–water partition coefficient (Wildman–Crippen LogP) is -0.644. The van der Waals surface area contributed by atoms with Gasteiger partial charge in [0.2, 0.25) is 0 Å². The highest BCUT2D eigenvalue weighted by molar-refractivity contribution is 5.60. The van der Waals surface area contributed by atoms with Crippen LogP contribution >= 0.6 is 0 Å². The van der Waals surface area contributed by atoms with Crippen LogP contribution < -0.4 is 21.0 Å². The van der Waals surface area contributed by atoms with Crippen molar-refractivity contribution in [2.75, 3.05) is 11.7 Å². The number of hydrogen-bond donors (Lipinski definition) is 2. The molecule has 2 aromatic heterocycles. The number of hydrogen-bond acceptors (Lipinski definition) is 2. The molecule has 0 fully saturated rings. The molecule has 2 heterocycles. The van der Waals surface area contributed by atoms with Crippen LogP contribution in [0.25, 0.3) is 11.1 Å². The molecule has 4 heteroatoms. The van der Waals surface area contributed by atoms with Crippen molar-refractivity contribution in [3.05, 3.63) is 49.1 Å². The molecular weight excluding hydrogens is 176 g/mol. The van der Waals surface area contributed by atoms with Gasteiger partial charge in [-0.25, -0.2) is 11.7 Å². The minimum Gasteiger partial charge on any atom is -0.205 e. The van der Waals surface area contributed by atoms with E-state index in [-0.39, 0.29) is 0 Å². The first kappa shape index (κ1) is 8.50. The summed E-state index contributed by atoms with van der Waals surface area (Å²) >= 11 is 0. The molecule has 0 unspecified atom stereocenters. The van der Waals surface area contributed by atoms with Gasteiger partial charge in [-0.2, -0.15) is 0 Å². The van der Waals surface area contributed by atoms with Crippen LogP contribution in [0.4, 0.5) is 0 Å². The number of rotatable bonds is 1. The second-order valence-electron chi connectivity index (χ2n) is 3.07. The van der Waals surface area contributed by atoms with Gasteiger partial charge in [0.25, 0.3) is 0 Å². The maximum Gasteiger partial charge on any atom is 0.199 e. The summed E-state index contributed by atoms with van der Waals surface area (Å²) in [5, 5.41) is 0. The molecule has 0 radical (unpaired) electrons. The summed E-state index contributed by atoms with van der Waals surface area (Å²) in [5.41, 5.74) is 2.24. The monoisotopic (exact) mass is 188 g/mol. The Bertz CT molecular complexity index is 375. The normalized spacial score (nSPS) is 10.0. The van der Waals surface area contributed by atoms with Crippen LogP contribution in [-0.4, -0.2) is 0 Å². The van der Waals surface area contributed by atoms with E-state index in [0.717, 1.165) is 11.1 Å². The zero-order valence-corrected chi connectivity index (χ0v) is 7.67. The maximum atomic E-state index is 5.52. The number of nitrogens with zero attached hydrogens (tertiary/aromatic N) is 2. The van der Waals surface area contributed by atoms with Gasteiger partial charge in [0.15, 0.2) is 24.8 Å². The fourth-order valence-electron chi connectivity index (χ4n) is 1.26. The van der Waals surface area contributed by atoms with Crippen LogP contribution in [0, 0.1) is 0 Å². The topological polar surface area (TPSA) is 59.8 Å². The van der Waals surface area contributed by atoms with Crippen LogP contribution in [0.3, 0.4) is 0 Å². The van der Waals surface area contributed by atoms with E-state index in [0.29, 0.717) is 0 Å². The third-order valence-electron chi connectivity index (χ3n) is 2.04. The fraction of sp³-hybridized carbons (Fsp3) is 0. The van der Waals surface area contributed by atoms with Crippen LogP contribution in [0.15, 0.2) is 49.1 Å². The van der Waals surface area contributed by atoms with Crippen molar-refractivity contribution in [2.24, 2.45) is 0 Å². The van der Waals surface area contributed by atoms with E-state index in [2.05, 4.69) is 0 Å². The molecule has 2 aromatic rings. The van der Waals surface area contributed by atoms with Crippen LogP contribution in [0.2, 0.25) is 0 Å². The lowest BCUT2D eigenvalue weighted by molar-refractivity contribution is -0.639. The molecule has 14 heavy (non-hydrogen) atoms. The first-order valence-electron chi connectivity index (χ1n) is 4.29. The van der Waals surface area contributed by atoms with Crippen molar-refractivity contribution in [1.29, 1.82) is 0 Å². The summed E-state index contributed by atoms with van der Waals surface area (Å²) < 4.78 is 3.02. The lowest BCUT2D eigenvalue weighted by Crippen LogP contribution is -2.43. The molecule has 0 bridgehead atoms. The standard InChI is InChI=1S/C10H11N4/c11-13-5-1-9(2-6-13)10-3-7-14(12)8-4-10/h1-8,11H,12H2/q+1/p+1. The van der Waals surface area contributed by atoms with E-state index < -0.39 is 0 Å². The second kappa shape index (κ2) is 3.33. The van der Waals surface area contributed by atoms with Gasteiger partial charge in [-0.15, -0.1) is 0 Å². The maximum absolute atomic E-state index is 5.52. The summed E-state index contributed by atoms with van der Waals surface area (Å²) in [6.45, 7) is 0. The van der Waals surface area contributed by atoms with Crippen LogP contribution in [-0.2, 0) is 0 Å². The third-order valence-corrected chi connectivity index (χ3v) is 2.04. The molecule has 0 aliphatic rings. The lowest BCUT2D eigenvalue weighted by Gasteiger charge is -1.96. The van der Waals surface area contributed by atoms with E-state index in [1.807, 2.05) is 24.3 Å². The van der Waals surface area contributed by atoms with Gasteiger partial charge in [-0.05, 0) is 11.1 Å². The molecule has 0 aliphatic carbocycles. The van der Waals surface area contributed by atoms with Crippen LogP contribution in [0.5, 0.6) is 0 Å². The van der Waals surface area contributed by atoms with Gasteiger partial charge in [-0.1, -0.05) is 9.35 Å². The van der Waals surface area contributed by atoms with Gasteiger partial charge >= 0.3 is 0 Å². The molecule has 4 nitrogen and oxygen atoms in total. The first-order valence-corrected chi connectivity index (χ1v) is 4.29. The number of aromatic nitrogens is 2. The van der Waals surface area contributed by atoms with E-state index in [1.165, 1.54) is 9.35 Å².